The van der Waals surface area contributed by atoms with Crippen LogP contribution in [0.25, 0.3) is 10.8 Å². The summed E-state index contributed by atoms with van der Waals surface area (Å²) < 4.78 is 0. The van der Waals surface area contributed by atoms with Gasteiger partial charge in [-0.2, -0.15) is 0 Å². The third-order valence-electron chi connectivity index (χ3n) is 8.89. The molecule has 0 bridgehead atoms. The summed E-state index contributed by atoms with van der Waals surface area (Å²) in [6.45, 7) is 0. The lowest BCUT2D eigenvalue weighted by molar-refractivity contribution is -0.0938. The van der Waals surface area contributed by atoms with E-state index in [1.165, 1.54) is 21.9 Å². The second-order valence-electron chi connectivity index (χ2n) is 10.6. The fraction of sp³-hybridized carbons (Fsp3) is 0.615. The van der Waals surface area contributed by atoms with Crippen molar-refractivity contribution in [2.24, 2.45) is 23.7 Å². The molecule has 5 aliphatic rings. The molecule has 2 atom stereocenters. The number of benzene rings is 2. The van der Waals surface area contributed by atoms with Gasteiger partial charge >= 0.3 is 0 Å². The molecule has 4 saturated carbocycles. The van der Waals surface area contributed by atoms with Crippen molar-refractivity contribution in [2.45, 2.75) is 74.4 Å². The lowest BCUT2D eigenvalue weighted by Crippen LogP contribution is -2.51. The molecule has 146 valence electrons. The zero-order valence-corrected chi connectivity index (χ0v) is 16.5. The van der Waals surface area contributed by atoms with Gasteiger partial charge in [0.05, 0.1) is 11.2 Å². The van der Waals surface area contributed by atoms with E-state index in [4.69, 9.17) is 0 Å². The van der Waals surface area contributed by atoms with Crippen LogP contribution in [-0.4, -0.2) is 21.4 Å². The maximum absolute atomic E-state index is 12.3. The fourth-order valence-corrected chi connectivity index (χ4v) is 7.17. The molecule has 0 aliphatic heterocycles. The molecule has 2 aromatic carbocycles. The predicted octanol–water partition coefficient (Wildman–Crippen LogP) is 5.12. The molecule has 2 heteroatoms. The average molecular weight is 375 g/mol. The van der Waals surface area contributed by atoms with Crippen LogP contribution in [-0.2, 0) is 0 Å². The van der Waals surface area contributed by atoms with Crippen LogP contribution >= 0.6 is 0 Å². The Morgan fingerprint density at radius 3 is 1.25 bits per heavy atom. The summed E-state index contributed by atoms with van der Waals surface area (Å²) in [5, 5.41) is 27.3. The van der Waals surface area contributed by atoms with Gasteiger partial charge in [0.2, 0.25) is 0 Å². The summed E-state index contributed by atoms with van der Waals surface area (Å²) in [5.41, 5.74) is 1.41. The molecule has 28 heavy (non-hydrogen) atoms. The van der Waals surface area contributed by atoms with Gasteiger partial charge in [0.1, 0.15) is 0 Å². The molecular formula is C26H30O2. The first-order chi connectivity index (χ1) is 13.6. The zero-order chi connectivity index (χ0) is 18.7. The Labute approximate surface area is 167 Å². The van der Waals surface area contributed by atoms with Gasteiger partial charge in [0.15, 0.2) is 0 Å². The normalized spacial score (nSPS) is 30.2. The standard InChI is InChI=1S/C26H30O2/c27-25(16-7-8-16,17-9-10-17)23-20-5-1-3-15-4-2-6-21(22(15)20)24(23)26(28,18-11-12-18)19-13-14-19/h1-6,16-19,23-24,27-28H,7-14H2/t23-,24-/m1/s1. The smallest absolute Gasteiger partial charge is 0.0779 e. The van der Waals surface area contributed by atoms with E-state index in [1.54, 1.807) is 0 Å². The first kappa shape index (κ1) is 16.4. The fourth-order valence-electron chi connectivity index (χ4n) is 7.17. The first-order valence-electron chi connectivity index (χ1n) is 11.6. The molecule has 2 N–H and O–H groups in total. The number of hydrogen-bond acceptors (Lipinski definition) is 2. The largest absolute Gasteiger partial charge is 0.389 e. The summed E-state index contributed by atoms with van der Waals surface area (Å²) in [6.07, 6.45) is 9.28. The molecule has 0 spiro atoms. The van der Waals surface area contributed by atoms with Gasteiger partial charge in [0.25, 0.3) is 0 Å². The Balaban J connectivity index is 1.50. The number of rotatable bonds is 6. The van der Waals surface area contributed by atoms with Gasteiger partial charge in [-0.1, -0.05) is 36.4 Å². The Kier molecular flexibility index (Phi) is 3.05. The van der Waals surface area contributed by atoms with Crippen molar-refractivity contribution < 1.29 is 10.2 Å². The minimum absolute atomic E-state index is 0.0693. The van der Waals surface area contributed by atoms with Crippen molar-refractivity contribution in [3.8, 4) is 0 Å². The van der Waals surface area contributed by atoms with Crippen LogP contribution in [0, 0.1) is 23.7 Å². The van der Waals surface area contributed by atoms with Crippen LogP contribution in [0.15, 0.2) is 36.4 Å². The van der Waals surface area contributed by atoms with Crippen LogP contribution in [0.3, 0.4) is 0 Å². The summed E-state index contributed by atoms with van der Waals surface area (Å²) in [5.74, 6) is 1.86. The molecule has 2 nitrogen and oxygen atoms in total. The van der Waals surface area contributed by atoms with Gasteiger partial charge in [-0.3, -0.25) is 0 Å². The summed E-state index contributed by atoms with van der Waals surface area (Å²) in [6, 6.07) is 13.3. The van der Waals surface area contributed by atoms with Crippen molar-refractivity contribution in [3.05, 3.63) is 47.5 Å². The van der Waals surface area contributed by atoms with E-state index in [2.05, 4.69) is 36.4 Å². The van der Waals surface area contributed by atoms with Crippen LogP contribution in [0.2, 0.25) is 0 Å². The molecule has 7 rings (SSSR count). The highest BCUT2D eigenvalue weighted by atomic mass is 16.3. The molecule has 4 fully saturated rings. The number of hydrogen-bond donors (Lipinski definition) is 2. The molecular weight excluding hydrogens is 344 g/mol. The SMILES string of the molecule is OC(C1CC1)(C1CC1)[C@@H]1c2cccc3cccc(c23)[C@H]1C(O)(C1CC1)C1CC1. The maximum atomic E-state index is 12.3. The van der Waals surface area contributed by atoms with Crippen LogP contribution < -0.4 is 0 Å². The summed E-state index contributed by atoms with van der Waals surface area (Å²) in [7, 11) is 0. The van der Waals surface area contributed by atoms with Crippen molar-refractivity contribution in [1.29, 1.82) is 0 Å². The van der Waals surface area contributed by atoms with Gasteiger partial charge in [0, 0.05) is 11.8 Å². The monoisotopic (exact) mass is 374 g/mol. The minimum atomic E-state index is -0.629. The molecule has 0 unspecified atom stereocenters. The highest BCUT2D eigenvalue weighted by Gasteiger charge is 2.68. The highest BCUT2D eigenvalue weighted by Crippen LogP contribution is 2.70. The van der Waals surface area contributed by atoms with E-state index in [0.717, 1.165) is 51.4 Å². The Hall–Kier alpha value is -1.38. The Bertz CT molecular complexity index is 863. The third kappa shape index (κ3) is 2.01. The second-order valence-corrected chi connectivity index (χ2v) is 10.6. The van der Waals surface area contributed by atoms with E-state index in [-0.39, 0.29) is 11.8 Å². The summed E-state index contributed by atoms with van der Waals surface area (Å²) >= 11 is 0. The van der Waals surface area contributed by atoms with Crippen molar-refractivity contribution in [3.63, 3.8) is 0 Å². The van der Waals surface area contributed by atoms with Gasteiger partial charge < -0.3 is 10.2 Å². The lowest BCUT2D eigenvalue weighted by Gasteiger charge is -2.46. The first-order valence-corrected chi connectivity index (χ1v) is 11.6. The van der Waals surface area contributed by atoms with Crippen LogP contribution in [0.1, 0.15) is 74.3 Å². The quantitative estimate of drug-likeness (QED) is 0.736. The molecule has 0 saturated heterocycles. The molecule has 0 radical (unpaired) electrons. The van der Waals surface area contributed by atoms with E-state index < -0.39 is 11.2 Å². The van der Waals surface area contributed by atoms with E-state index in [9.17, 15) is 10.2 Å². The van der Waals surface area contributed by atoms with Crippen LogP contribution in [0.4, 0.5) is 0 Å². The predicted molar refractivity (Wildman–Crippen MR) is 110 cm³/mol. The lowest BCUT2D eigenvalue weighted by atomic mass is 9.63. The average Bonchev–Trinajstić information content (AvgIpc) is 3.58. The molecule has 0 heterocycles. The second kappa shape index (κ2) is 5.21. The van der Waals surface area contributed by atoms with Gasteiger partial charge in [-0.25, -0.2) is 0 Å². The molecule has 5 aliphatic carbocycles. The molecule has 0 amide bonds. The highest BCUT2D eigenvalue weighted by molar-refractivity contribution is 5.93. The Morgan fingerprint density at radius 1 is 0.571 bits per heavy atom. The minimum Gasteiger partial charge on any atom is -0.389 e. The van der Waals surface area contributed by atoms with E-state index in [1.807, 2.05) is 0 Å². The van der Waals surface area contributed by atoms with Crippen molar-refractivity contribution >= 4 is 10.8 Å². The third-order valence-corrected chi connectivity index (χ3v) is 8.89. The summed E-state index contributed by atoms with van der Waals surface area (Å²) in [4.78, 5) is 0. The van der Waals surface area contributed by atoms with Crippen molar-refractivity contribution in [1.82, 2.24) is 0 Å². The topological polar surface area (TPSA) is 40.5 Å². The Morgan fingerprint density at radius 2 is 0.929 bits per heavy atom. The zero-order valence-electron chi connectivity index (χ0n) is 16.5. The van der Waals surface area contributed by atoms with E-state index >= 15 is 0 Å². The molecule has 0 aromatic heterocycles. The van der Waals surface area contributed by atoms with Crippen LogP contribution in [0.5, 0.6) is 0 Å². The number of aliphatic hydroxyl groups is 2. The maximum Gasteiger partial charge on any atom is 0.0779 e. The van der Waals surface area contributed by atoms with Gasteiger partial charge in [-0.05, 0) is 96.9 Å². The van der Waals surface area contributed by atoms with Crippen molar-refractivity contribution in [2.75, 3.05) is 0 Å². The van der Waals surface area contributed by atoms with Gasteiger partial charge in [-0.15, -0.1) is 0 Å². The van der Waals surface area contributed by atoms with E-state index in [0.29, 0.717) is 23.7 Å². The molecule has 2 aromatic rings.